The van der Waals surface area contributed by atoms with Crippen LogP contribution in [0.15, 0.2) is 0 Å². The standard InChI is InChI=1S/C16H25NO4/c1-14(2,3)20-12(18)16(9-7-8-11(16)10-17)13(19)21-15(4,5)6/h11H,7-9H2,1-6H3/t11-/m0/s1. The van der Waals surface area contributed by atoms with Gasteiger partial charge in [0.15, 0.2) is 5.41 Å². The minimum Gasteiger partial charge on any atom is -0.459 e. The van der Waals surface area contributed by atoms with Gasteiger partial charge in [-0.05, 0) is 54.4 Å². The fraction of sp³-hybridized carbons (Fsp3) is 0.812. The van der Waals surface area contributed by atoms with Crippen LogP contribution in [0.2, 0.25) is 0 Å². The molecular formula is C16H25NO4. The molecule has 1 aliphatic carbocycles. The lowest BCUT2D eigenvalue weighted by Gasteiger charge is -2.33. The van der Waals surface area contributed by atoms with Crippen molar-refractivity contribution in [1.82, 2.24) is 0 Å². The summed E-state index contributed by atoms with van der Waals surface area (Å²) in [6.07, 6.45) is 1.45. The first kappa shape index (κ1) is 17.5. The number of hydrogen-bond donors (Lipinski definition) is 0. The highest BCUT2D eigenvalue weighted by Gasteiger charge is 2.59. The molecule has 0 aliphatic heterocycles. The van der Waals surface area contributed by atoms with Crippen molar-refractivity contribution >= 4 is 11.9 Å². The molecule has 5 nitrogen and oxygen atoms in total. The molecule has 0 aromatic carbocycles. The molecule has 0 radical (unpaired) electrons. The number of ether oxygens (including phenoxy) is 2. The van der Waals surface area contributed by atoms with Crippen molar-refractivity contribution in [3.63, 3.8) is 0 Å². The predicted octanol–water partition coefficient (Wildman–Crippen LogP) is 2.98. The van der Waals surface area contributed by atoms with E-state index in [2.05, 4.69) is 6.07 Å². The molecule has 5 heteroatoms. The van der Waals surface area contributed by atoms with Crippen LogP contribution in [0, 0.1) is 22.7 Å². The van der Waals surface area contributed by atoms with E-state index in [1.54, 1.807) is 41.5 Å². The van der Waals surface area contributed by atoms with Gasteiger partial charge in [0.2, 0.25) is 0 Å². The lowest BCUT2D eigenvalue weighted by atomic mass is 9.78. The third kappa shape index (κ3) is 3.96. The van der Waals surface area contributed by atoms with E-state index >= 15 is 0 Å². The Bertz CT molecular complexity index is 434. The van der Waals surface area contributed by atoms with Crippen LogP contribution < -0.4 is 0 Å². The Hall–Kier alpha value is -1.57. The third-order valence-electron chi connectivity index (χ3n) is 3.34. The van der Waals surface area contributed by atoms with Crippen LogP contribution in [0.1, 0.15) is 60.8 Å². The summed E-state index contributed by atoms with van der Waals surface area (Å²) in [4.78, 5) is 25.2. The van der Waals surface area contributed by atoms with Gasteiger partial charge in [-0.1, -0.05) is 6.42 Å². The van der Waals surface area contributed by atoms with E-state index in [1.807, 2.05) is 0 Å². The van der Waals surface area contributed by atoms with Gasteiger partial charge in [-0.25, -0.2) is 0 Å². The highest BCUT2D eigenvalue weighted by Crippen LogP contribution is 2.46. The molecule has 0 heterocycles. The SMILES string of the molecule is CC(C)(C)OC(=O)C1(C(=O)OC(C)(C)C)CCC[C@H]1C#N. The van der Waals surface area contributed by atoms with Crippen molar-refractivity contribution in [2.24, 2.45) is 11.3 Å². The molecule has 0 aromatic heterocycles. The quantitative estimate of drug-likeness (QED) is 0.578. The van der Waals surface area contributed by atoms with Gasteiger partial charge in [0.25, 0.3) is 0 Å². The molecule has 1 rings (SSSR count). The highest BCUT2D eigenvalue weighted by atomic mass is 16.6. The van der Waals surface area contributed by atoms with Gasteiger partial charge in [0.1, 0.15) is 11.2 Å². The smallest absolute Gasteiger partial charge is 0.325 e. The maximum Gasteiger partial charge on any atom is 0.325 e. The molecule has 0 aromatic rings. The molecule has 118 valence electrons. The zero-order chi connectivity index (χ0) is 16.5. The number of carbonyl (C=O) groups is 2. The highest BCUT2D eigenvalue weighted by molar-refractivity contribution is 6.01. The van der Waals surface area contributed by atoms with E-state index in [9.17, 15) is 14.9 Å². The van der Waals surface area contributed by atoms with Gasteiger partial charge in [0, 0.05) is 0 Å². The average Bonchev–Trinajstić information content (AvgIpc) is 2.68. The van der Waals surface area contributed by atoms with Crippen LogP contribution in [0.4, 0.5) is 0 Å². The fourth-order valence-corrected chi connectivity index (χ4v) is 2.49. The summed E-state index contributed by atoms with van der Waals surface area (Å²) in [7, 11) is 0. The number of rotatable bonds is 2. The largest absolute Gasteiger partial charge is 0.459 e. The number of nitriles is 1. The van der Waals surface area contributed by atoms with Crippen molar-refractivity contribution in [2.75, 3.05) is 0 Å². The van der Waals surface area contributed by atoms with Gasteiger partial charge < -0.3 is 9.47 Å². The summed E-state index contributed by atoms with van der Waals surface area (Å²) in [5, 5.41) is 9.33. The average molecular weight is 295 g/mol. The molecule has 0 bridgehead atoms. The topological polar surface area (TPSA) is 76.4 Å². The Kier molecular flexibility index (Phi) is 4.72. The van der Waals surface area contributed by atoms with Crippen molar-refractivity contribution < 1.29 is 19.1 Å². The number of nitrogens with zero attached hydrogens (tertiary/aromatic N) is 1. The lowest BCUT2D eigenvalue weighted by molar-refractivity contribution is -0.187. The summed E-state index contributed by atoms with van der Waals surface area (Å²) in [6.45, 7) is 10.4. The Morgan fingerprint density at radius 3 is 1.81 bits per heavy atom. The van der Waals surface area contributed by atoms with Crippen LogP contribution in [-0.4, -0.2) is 23.1 Å². The molecule has 0 saturated heterocycles. The van der Waals surface area contributed by atoms with E-state index < -0.39 is 34.5 Å². The Morgan fingerprint density at radius 2 is 1.48 bits per heavy atom. The van der Waals surface area contributed by atoms with Crippen LogP contribution in [0.5, 0.6) is 0 Å². The first-order chi connectivity index (χ1) is 9.42. The minimum atomic E-state index is -1.49. The van der Waals surface area contributed by atoms with Crippen molar-refractivity contribution in [1.29, 1.82) is 5.26 Å². The van der Waals surface area contributed by atoms with E-state index in [-0.39, 0.29) is 0 Å². The zero-order valence-electron chi connectivity index (χ0n) is 13.8. The maximum absolute atomic E-state index is 12.6. The molecular weight excluding hydrogens is 270 g/mol. The van der Waals surface area contributed by atoms with Gasteiger partial charge in [-0.15, -0.1) is 0 Å². The second-order valence-electron chi connectivity index (χ2n) is 7.55. The molecule has 0 unspecified atom stereocenters. The van der Waals surface area contributed by atoms with Gasteiger partial charge in [-0.2, -0.15) is 5.26 Å². The van der Waals surface area contributed by atoms with Gasteiger partial charge in [-0.3, -0.25) is 9.59 Å². The first-order valence-electron chi connectivity index (χ1n) is 7.29. The maximum atomic E-state index is 12.6. The summed E-state index contributed by atoms with van der Waals surface area (Å²) in [5.74, 6) is -1.98. The van der Waals surface area contributed by atoms with Crippen molar-refractivity contribution in [2.45, 2.75) is 72.0 Å². The Labute approximate surface area is 126 Å². The van der Waals surface area contributed by atoms with Crippen molar-refractivity contribution in [3.8, 4) is 6.07 Å². The Morgan fingerprint density at radius 1 is 1.05 bits per heavy atom. The van der Waals surface area contributed by atoms with E-state index in [0.717, 1.165) is 0 Å². The molecule has 1 atom stereocenters. The number of hydrogen-bond acceptors (Lipinski definition) is 5. The lowest BCUT2D eigenvalue weighted by Crippen LogP contribution is -2.48. The summed E-state index contributed by atoms with van der Waals surface area (Å²) < 4.78 is 10.8. The summed E-state index contributed by atoms with van der Waals surface area (Å²) in [5.41, 5.74) is -2.92. The molecule has 0 spiro atoms. The minimum absolute atomic E-state index is 0.301. The van der Waals surface area contributed by atoms with Crippen LogP contribution in [0.25, 0.3) is 0 Å². The zero-order valence-corrected chi connectivity index (χ0v) is 13.8. The Balaban J connectivity index is 3.16. The van der Waals surface area contributed by atoms with Crippen LogP contribution >= 0.6 is 0 Å². The van der Waals surface area contributed by atoms with Crippen LogP contribution in [0.3, 0.4) is 0 Å². The van der Waals surface area contributed by atoms with E-state index in [1.165, 1.54) is 0 Å². The monoisotopic (exact) mass is 295 g/mol. The molecule has 1 fully saturated rings. The predicted molar refractivity (Wildman–Crippen MR) is 77.1 cm³/mol. The van der Waals surface area contributed by atoms with Crippen molar-refractivity contribution in [3.05, 3.63) is 0 Å². The molecule has 1 saturated carbocycles. The van der Waals surface area contributed by atoms with Crippen LogP contribution in [-0.2, 0) is 19.1 Å². The van der Waals surface area contributed by atoms with Gasteiger partial charge >= 0.3 is 11.9 Å². The number of esters is 2. The van der Waals surface area contributed by atoms with E-state index in [4.69, 9.17) is 9.47 Å². The third-order valence-corrected chi connectivity index (χ3v) is 3.34. The molecule has 1 aliphatic rings. The summed E-state index contributed by atoms with van der Waals surface area (Å²) >= 11 is 0. The van der Waals surface area contributed by atoms with Gasteiger partial charge in [0.05, 0.1) is 12.0 Å². The fourth-order valence-electron chi connectivity index (χ4n) is 2.49. The number of carbonyl (C=O) groups excluding carboxylic acids is 2. The molecule has 21 heavy (non-hydrogen) atoms. The normalized spacial score (nSPS) is 21.5. The first-order valence-corrected chi connectivity index (χ1v) is 7.29. The molecule has 0 N–H and O–H groups in total. The molecule has 0 amide bonds. The van der Waals surface area contributed by atoms with E-state index in [0.29, 0.717) is 19.3 Å². The second-order valence-corrected chi connectivity index (χ2v) is 7.55. The summed E-state index contributed by atoms with van der Waals surface area (Å²) in [6, 6.07) is 2.09. The second kappa shape index (κ2) is 5.67.